The minimum Gasteiger partial charge on any atom is -0.207 e. The summed E-state index contributed by atoms with van der Waals surface area (Å²) in [7, 11) is 0. The van der Waals surface area contributed by atoms with E-state index in [0.717, 1.165) is 6.07 Å². The zero-order chi connectivity index (χ0) is 9.84. The molecule has 3 heteroatoms. The lowest BCUT2D eigenvalue weighted by Crippen LogP contribution is -1.96. The van der Waals surface area contributed by atoms with E-state index >= 15 is 0 Å². The van der Waals surface area contributed by atoms with E-state index < -0.39 is 17.5 Å². The molecule has 0 unspecified atom stereocenters. The monoisotopic (exact) mass is 187 g/mol. The van der Waals surface area contributed by atoms with Crippen LogP contribution in [0.1, 0.15) is 18.4 Å². The summed E-state index contributed by atoms with van der Waals surface area (Å²) in [5.74, 6) is -2.81. The van der Waals surface area contributed by atoms with Gasteiger partial charge < -0.3 is 0 Å². The van der Waals surface area contributed by atoms with Crippen LogP contribution >= 0.6 is 0 Å². The predicted octanol–water partition coefficient (Wildman–Crippen LogP) is 3.26. The number of aryl methyl sites for hydroxylation is 1. The van der Waals surface area contributed by atoms with Crippen molar-refractivity contribution in [3.63, 3.8) is 0 Å². The molecule has 13 heavy (non-hydrogen) atoms. The van der Waals surface area contributed by atoms with E-state index in [0.29, 0.717) is 25.3 Å². The third kappa shape index (κ3) is 2.47. The van der Waals surface area contributed by atoms with E-state index in [2.05, 4.69) is 6.92 Å². The van der Waals surface area contributed by atoms with E-state index in [4.69, 9.17) is 0 Å². The van der Waals surface area contributed by atoms with Gasteiger partial charge >= 0.3 is 0 Å². The second kappa shape index (κ2) is 4.30. The molecule has 0 aliphatic carbocycles. The Morgan fingerprint density at radius 3 is 2.46 bits per heavy atom. The quantitative estimate of drug-likeness (QED) is 0.637. The predicted molar refractivity (Wildman–Crippen MR) is 44.6 cm³/mol. The maximum atomic E-state index is 12.9. The van der Waals surface area contributed by atoms with Crippen LogP contribution in [0.2, 0.25) is 0 Å². The van der Waals surface area contributed by atoms with Gasteiger partial charge in [-0.1, -0.05) is 13.3 Å². The Morgan fingerprint density at radius 2 is 1.85 bits per heavy atom. The van der Waals surface area contributed by atoms with Crippen LogP contribution in [0.5, 0.6) is 0 Å². The van der Waals surface area contributed by atoms with Crippen molar-refractivity contribution in [2.45, 2.75) is 19.3 Å². The van der Waals surface area contributed by atoms with Crippen molar-refractivity contribution in [1.29, 1.82) is 0 Å². The summed E-state index contributed by atoms with van der Waals surface area (Å²) >= 11 is 0. The van der Waals surface area contributed by atoms with Gasteiger partial charge in [0.05, 0.1) is 0 Å². The van der Waals surface area contributed by atoms with E-state index in [1.165, 1.54) is 0 Å². The standard InChI is InChI=1S/C10H10F3/c1-2-3-4-7-5-8(11)6-9(12)10(7)13/h5-6H,1-4H2. The lowest BCUT2D eigenvalue weighted by atomic mass is 10.1. The van der Waals surface area contributed by atoms with Crippen molar-refractivity contribution in [3.8, 4) is 0 Å². The molecule has 1 rings (SSSR count). The van der Waals surface area contributed by atoms with Crippen molar-refractivity contribution >= 4 is 0 Å². The molecule has 0 fully saturated rings. The van der Waals surface area contributed by atoms with Gasteiger partial charge in [-0.05, 0) is 24.5 Å². The van der Waals surface area contributed by atoms with Gasteiger partial charge in [0.2, 0.25) is 0 Å². The number of unbranched alkanes of at least 4 members (excludes halogenated alkanes) is 1. The lowest BCUT2D eigenvalue weighted by Gasteiger charge is -2.02. The third-order valence-corrected chi connectivity index (χ3v) is 1.76. The van der Waals surface area contributed by atoms with E-state index in [-0.39, 0.29) is 5.56 Å². The molecule has 0 saturated carbocycles. The highest BCUT2D eigenvalue weighted by molar-refractivity contribution is 5.20. The van der Waals surface area contributed by atoms with Gasteiger partial charge in [0, 0.05) is 6.07 Å². The van der Waals surface area contributed by atoms with Crippen LogP contribution in [0, 0.1) is 24.4 Å². The van der Waals surface area contributed by atoms with Gasteiger partial charge in [-0.3, -0.25) is 0 Å². The summed E-state index contributed by atoms with van der Waals surface area (Å²) in [6.07, 6.45) is 1.57. The molecule has 71 valence electrons. The second-order valence-corrected chi connectivity index (χ2v) is 2.82. The average Bonchev–Trinajstić information content (AvgIpc) is 2.09. The molecule has 0 N–H and O–H groups in total. The average molecular weight is 187 g/mol. The highest BCUT2D eigenvalue weighted by Gasteiger charge is 2.09. The first-order valence-corrected chi connectivity index (χ1v) is 4.08. The number of hydrogen-bond donors (Lipinski definition) is 0. The molecular formula is C10H10F3. The van der Waals surface area contributed by atoms with Gasteiger partial charge in [-0.2, -0.15) is 0 Å². The summed E-state index contributed by atoms with van der Waals surface area (Å²) < 4.78 is 38.2. The molecule has 0 atom stereocenters. The molecule has 0 spiro atoms. The zero-order valence-electron chi connectivity index (χ0n) is 7.12. The molecule has 1 aromatic rings. The van der Waals surface area contributed by atoms with Gasteiger partial charge in [0.15, 0.2) is 11.6 Å². The molecule has 0 aliphatic heterocycles. The summed E-state index contributed by atoms with van der Waals surface area (Å²) in [5.41, 5.74) is 0.0844. The first-order chi connectivity index (χ1) is 6.15. The minimum atomic E-state index is -1.13. The van der Waals surface area contributed by atoms with Crippen LogP contribution in [0.3, 0.4) is 0 Å². The topological polar surface area (TPSA) is 0 Å². The first-order valence-electron chi connectivity index (χ1n) is 4.08. The normalized spacial score (nSPS) is 10.5. The van der Waals surface area contributed by atoms with E-state index in [1.54, 1.807) is 0 Å². The SMILES string of the molecule is [CH2]CCCc1cc(F)cc(F)c1F. The Balaban J connectivity index is 2.92. The zero-order valence-corrected chi connectivity index (χ0v) is 7.12. The summed E-state index contributed by atoms with van der Waals surface area (Å²) in [6.45, 7) is 3.57. The van der Waals surface area contributed by atoms with Crippen molar-refractivity contribution in [1.82, 2.24) is 0 Å². The van der Waals surface area contributed by atoms with Crippen molar-refractivity contribution < 1.29 is 13.2 Å². The van der Waals surface area contributed by atoms with Crippen LogP contribution in [-0.2, 0) is 6.42 Å². The number of rotatable bonds is 3. The maximum Gasteiger partial charge on any atom is 0.162 e. The Labute approximate surface area is 75.4 Å². The second-order valence-electron chi connectivity index (χ2n) is 2.82. The Hall–Kier alpha value is -0.990. The van der Waals surface area contributed by atoms with Crippen LogP contribution in [0.25, 0.3) is 0 Å². The maximum absolute atomic E-state index is 12.9. The summed E-state index contributed by atoms with van der Waals surface area (Å²) in [4.78, 5) is 0. The fourth-order valence-corrected chi connectivity index (χ4v) is 1.11. The molecular weight excluding hydrogens is 177 g/mol. The van der Waals surface area contributed by atoms with Gasteiger partial charge in [-0.25, -0.2) is 13.2 Å². The van der Waals surface area contributed by atoms with Crippen molar-refractivity contribution in [2.24, 2.45) is 0 Å². The molecule has 0 heterocycles. The van der Waals surface area contributed by atoms with E-state index in [1.807, 2.05) is 0 Å². The molecule has 0 aromatic heterocycles. The molecule has 1 radical (unpaired) electrons. The van der Waals surface area contributed by atoms with Gasteiger partial charge in [0.25, 0.3) is 0 Å². The van der Waals surface area contributed by atoms with Crippen LogP contribution in [-0.4, -0.2) is 0 Å². The third-order valence-electron chi connectivity index (χ3n) is 1.76. The molecule has 0 nitrogen and oxygen atoms in total. The smallest absolute Gasteiger partial charge is 0.162 e. The number of hydrogen-bond acceptors (Lipinski definition) is 0. The fraction of sp³-hybridized carbons (Fsp3) is 0.300. The Bertz CT molecular complexity index is 294. The lowest BCUT2D eigenvalue weighted by molar-refractivity contribution is 0.483. The van der Waals surface area contributed by atoms with Crippen molar-refractivity contribution in [3.05, 3.63) is 42.1 Å². The summed E-state index contributed by atoms with van der Waals surface area (Å²) in [6, 6.07) is 1.57. The van der Waals surface area contributed by atoms with Crippen molar-refractivity contribution in [2.75, 3.05) is 0 Å². The molecule has 0 amide bonds. The van der Waals surface area contributed by atoms with Crippen LogP contribution in [0.15, 0.2) is 12.1 Å². The minimum absolute atomic E-state index is 0.0844. The fourth-order valence-electron chi connectivity index (χ4n) is 1.11. The number of halogens is 3. The first kappa shape index (κ1) is 10.1. The highest BCUT2D eigenvalue weighted by Crippen LogP contribution is 2.16. The Kier molecular flexibility index (Phi) is 3.34. The molecule has 0 bridgehead atoms. The van der Waals surface area contributed by atoms with Gasteiger partial charge in [-0.15, -0.1) is 0 Å². The molecule has 1 aromatic carbocycles. The van der Waals surface area contributed by atoms with Gasteiger partial charge in [0.1, 0.15) is 5.82 Å². The highest BCUT2D eigenvalue weighted by atomic mass is 19.2. The van der Waals surface area contributed by atoms with Crippen LogP contribution < -0.4 is 0 Å². The molecule has 0 aliphatic rings. The van der Waals surface area contributed by atoms with E-state index in [9.17, 15) is 13.2 Å². The van der Waals surface area contributed by atoms with Crippen LogP contribution in [0.4, 0.5) is 13.2 Å². The Morgan fingerprint density at radius 1 is 1.15 bits per heavy atom. The number of benzene rings is 1. The largest absolute Gasteiger partial charge is 0.207 e. The summed E-state index contributed by atoms with van der Waals surface area (Å²) in [5, 5.41) is 0. The molecule has 0 saturated heterocycles.